The SMILES string of the molecule is CCCCn1c(N)c(N(Cc2ccccc2)C(=O)CCCNC(=O)c2cccs2)c(=O)[nH]c1=O. The molecule has 0 bridgehead atoms. The van der Waals surface area contributed by atoms with E-state index < -0.39 is 11.2 Å². The van der Waals surface area contributed by atoms with Crippen molar-refractivity contribution in [1.29, 1.82) is 0 Å². The molecule has 0 spiro atoms. The molecule has 9 nitrogen and oxygen atoms in total. The molecule has 0 unspecified atom stereocenters. The summed E-state index contributed by atoms with van der Waals surface area (Å²) in [6, 6.07) is 12.8. The molecule has 0 fully saturated rings. The van der Waals surface area contributed by atoms with E-state index in [1.807, 2.05) is 42.6 Å². The standard InChI is InChI=1S/C24H29N5O4S/c1-2-3-14-28-21(25)20(23(32)27-24(28)33)29(16-17-9-5-4-6-10-17)19(30)12-7-13-26-22(31)18-11-8-15-34-18/h4-6,8-11,15H,2-3,7,12-14,16,25H2,1H3,(H,26,31)(H,27,32,33). The number of hydrogen-bond acceptors (Lipinski definition) is 6. The number of unbranched alkanes of at least 4 members (excludes halogenated alkanes) is 1. The number of benzene rings is 1. The van der Waals surface area contributed by atoms with Gasteiger partial charge in [0.05, 0.1) is 11.4 Å². The van der Waals surface area contributed by atoms with Crippen molar-refractivity contribution in [2.45, 2.75) is 45.7 Å². The fourth-order valence-corrected chi connectivity index (χ4v) is 4.15. The Kier molecular flexibility index (Phi) is 8.80. The monoisotopic (exact) mass is 483 g/mol. The van der Waals surface area contributed by atoms with Crippen LogP contribution in [0.1, 0.15) is 47.8 Å². The second kappa shape index (κ2) is 12.0. The maximum atomic E-state index is 13.3. The predicted molar refractivity (Wildman–Crippen MR) is 134 cm³/mol. The van der Waals surface area contributed by atoms with Crippen LogP contribution in [0, 0.1) is 0 Å². The summed E-state index contributed by atoms with van der Waals surface area (Å²) in [6.07, 6.45) is 2.01. The number of carbonyl (C=O) groups is 2. The lowest BCUT2D eigenvalue weighted by atomic mass is 10.1. The predicted octanol–water partition coefficient (Wildman–Crippen LogP) is 2.72. The highest BCUT2D eigenvalue weighted by Gasteiger charge is 2.24. The van der Waals surface area contributed by atoms with Crippen molar-refractivity contribution in [3.05, 3.63) is 79.1 Å². The number of nitrogens with zero attached hydrogens (tertiary/aromatic N) is 2. The average molecular weight is 484 g/mol. The van der Waals surface area contributed by atoms with Crippen LogP contribution in [0.4, 0.5) is 11.5 Å². The smallest absolute Gasteiger partial charge is 0.330 e. The maximum Gasteiger partial charge on any atom is 0.330 e. The van der Waals surface area contributed by atoms with Crippen LogP contribution in [0.3, 0.4) is 0 Å². The van der Waals surface area contributed by atoms with E-state index in [9.17, 15) is 19.2 Å². The number of aromatic nitrogens is 2. The highest BCUT2D eigenvalue weighted by atomic mass is 32.1. The van der Waals surface area contributed by atoms with Crippen molar-refractivity contribution in [3.8, 4) is 0 Å². The normalized spacial score (nSPS) is 10.7. The Hall–Kier alpha value is -3.66. The zero-order valence-electron chi connectivity index (χ0n) is 19.1. The molecule has 0 saturated heterocycles. The number of anilines is 2. The molecule has 0 aliphatic carbocycles. The highest BCUT2D eigenvalue weighted by molar-refractivity contribution is 7.12. The Morgan fingerprint density at radius 2 is 1.88 bits per heavy atom. The van der Waals surface area contributed by atoms with E-state index >= 15 is 0 Å². The molecule has 2 amide bonds. The molecule has 10 heteroatoms. The summed E-state index contributed by atoms with van der Waals surface area (Å²) < 4.78 is 1.30. The third kappa shape index (κ3) is 6.22. The van der Waals surface area contributed by atoms with Gasteiger partial charge < -0.3 is 16.0 Å². The van der Waals surface area contributed by atoms with Crippen LogP contribution in [0.15, 0.2) is 57.4 Å². The molecule has 180 valence electrons. The van der Waals surface area contributed by atoms with Gasteiger partial charge in [-0.05, 0) is 29.9 Å². The Morgan fingerprint density at radius 3 is 2.56 bits per heavy atom. The van der Waals surface area contributed by atoms with Crippen molar-refractivity contribution >= 4 is 34.7 Å². The first-order valence-electron chi connectivity index (χ1n) is 11.2. The molecule has 2 heterocycles. The van der Waals surface area contributed by atoms with Crippen molar-refractivity contribution < 1.29 is 9.59 Å². The Morgan fingerprint density at radius 1 is 1.12 bits per heavy atom. The van der Waals surface area contributed by atoms with Crippen LogP contribution >= 0.6 is 11.3 Å². The topological polar surface area (TPSA) is 130 Å². The van der Waals surface area contributed by atoms with Crippen LogP contribution < -0.4 is 27.2 Å². The van der Waals surface area contributed by atoms with Gasteiger partial charge in [0.1, 0.15) is 5.82 Å². The van der Waals surface area contributed by atoms with E-state index in [0.29, 0.717) is 30.8 Å². The van der Waals surface area contributed by atoms with Gasteiger partial charge in [-0.1, -0.05) is 49.7 Å². The first kappa shape index (κ1) is 25.0. The van der Waals surface area contributed by atoms with E-state index in [2.05, 4.69) is 10.3 Å². The highest BCUT2D eigenvalue weighted by Crippen LogP contribution is 2.21. The van der Waals surface area contributed by atoms with E-state index in [1.54, 1.807) is 12.1 Å². The zero-order chi connectivity index (χ0) is 24.5. The van der Waals surface area contributed by atoms with E-state index in [0.717, 1.165) is 12.0 Å². The molecule has 4 N–H and O–H groups in total. The molecule has 3 aromatic rings. The number of rotatable bonds is 11. The molecule has 1 aromatic carbocycles. The summed E-state index contributed by atoms with van der Waals surface area (Å²) in [5, 5.41) is 4.62. The largest absolute Gasteiger partial charge is 0.383 e. The fourth-order valence-electron chi connectivity index (χ4n) is 3.51. The molecule has 0 saturated carbocycles. The van der Waals surface area contributed by atoms with Gasteiger partial charge in [-0.2, -0.15) is 0 Å². The first-order valence-corrected chi connectivity index (χ1v) is 12.1. The summed E-state index contributed by atoms with van der Waals surface area (Å²) in [4.78, 5) is 54.7. The summed E-state index contributed by atoms with van der Waals surface area (Å²) >= 11 is 1.34. The summed E-state index contributed by atoms with van der Waals surface area (Å²) in [5.74, 6) is -0.545. The number of carbonyl (C=O) groups excluding carboxylic acids is 2. The lowest BCUT2D eigenvalue weighted by Gasteiger charge is -2.25. The third-order valence-electron chi connectivity index (χ3n) is 5.30. The van der Waals surface area contributed by atoms with Crippen LogP contribution in [-0.4, -0.2) is 27.9 Å². The Labute approximate surface area is 201 Å². The van der Waals surface area contributed by atoms with Gasteiger partial charge in [-0.3, -0.25) is 23.9 Å². The Balaban J connectivity index is 1.81. The molecule has 2 aromatic heterocycles. The summed E-state index contributed by atoms with van der Waals surface area (Å²) in [6.45, 7) is 2.76. The van der Waals surface area contributed by atoms with Crippen molar-refractivity contribution in [3.63, 3.8) is 0 Å². The van der Waals surface area contributed by atoms with Gasteiger partial charge in [0.15, 0.2) is 5.69 Å². The molecule has 3 rings (SSSR count). The van der Waals surface area contributed by atoms with Crippen molar-refractivity contribution in [2.24, 2.45) is 0 Å². The molecule has 0 atom stereocenters. The van der Waals surface area contributed by atoms with Gasteiger partial charge >= 0.3 is 5.69 Å². The number of nitrogens with two attached hydrogens (primary N) is 1. The van der Waals surface area contributed by atoms with Gasteiger partial charge in [-0.15, -0.1) is 11.3 Å². The van der Waals surface area contributed by atoms with Gasteiger partial charge in [0.2, 0.25) is 5.91 Å². The van der Waals surface area contributed by atoms with Crippen LogP contribution in [0.5, 0.6) is 0 Å². The molecule has 0 radical (unpaired) electrons. The van der Waals surface area contributed by atoms with E-state index in [1.165, 1.54) is 20.8 Å². The van der Waals surface area contributed by atoms with E-state index in [4.69, 9.17) is 5.73 Å². The van der Waals surface area contributed by atoms with Gasteiger partial charge in [-0.25, -0.2) is 4.79 Å². The fraction of sp³-hybridized carbons (Fsp3) is 0.333. The number of thiophene rings is 1. The third-order valence-corrected chi connectivity index (χ3v) is 6.17. The minimum Gasteiger partial charge on any atom is -0.383 e. The van der Waals surface area contributed by atoms with Crippen molar-refractivity contribution in [2.75, 3.05) is 17.2 Å². The minimum absolute atomic E-state index is 0.0301. The number of nitrogen functional groups attached to an aromatic ring is 1. The molecular weight excluding hydrogens is 454 g/mol. The van der Waals surface area contributed by atoms with Gasteiger partial charge in [0, 0.05) is 19.5 Å². The second-order valence-corrected chi connectivity index (χ2v) is 8.75. The number of aromatic amines is 1. The summed E-state index contributed by atoms with van der Waals surface area (Å²) in [7, 11) is 0. The Bertz CT molecular complexity index is 1220. The second-order valence-electron chi connectivity index (χ2n) is 7.80. The van der Waals surface area contributed by atoms with Crippen LogP contribution in [0.25, 0.3) is 0 Å². The van der Waals surface area contributed by atoms with Crippen LogP contribution in [0.2, 0.25) is 0 Å². The molecular formula is C24H29N5O4S. The molecule has 0 aliphatic rings. The first-order chi connectivity index (χ1) is 16.4. The quantitative estimate of drug-likeness (QED) is 0.361. The molecule has 34 heavy (non-hydrogen) atoms. The van der Waals surface area contributed by atoms with Gasteiger partial charge in [0.25, 0.3) is 11.5 Å². The zero-order valence-corrected chi connectivity index (χ0v) is 19.9. The number of H-pyrrole nitrogens is 1. The summed E-state index contributed by atoms with van der Waals surface area (Å²) in [5.41, 5.74) is 5.74. The lowest BCUT2D eigenvalue weighted by molar-refractivity contribution is -0.118. The maximum absolute atomic E-state index is 13.3. The number of hydrogen-bond donors (Lipinski definition) is 3. The number of nitrogens with one attached hydrogen (secondary N) is 2. The lowest BCUT2D eigenvalue weighted by Crippen LogP contribution is -2.41. The minimum atomic E-state index is -0.703. The van der Waals surface area contributed by atoms with Crippen molar-refractivity contribution in [1.82, 2.24) is 14.9 Å². The number of amides is 2. The molecule has 0 aliphatic heterocycles. The van der Waals surface area contributed by atoms with Crippen LogP contribution in [-0.2, 0) is 17.9 Å². The average Bonchev–Trinajstić information content (AvgIpc) is 3.36. The van der Waals surface area contributed by atoms with E-state index in [-0.39, 0.29) is 36.3 Å².